The van der Waals surface area contributed by atoms with Crippen molar-refractivity contribution >= 4 is 0 Å². The van der Waals surface area contributed by atoms with E-state index in [1.54, 1.807) is 0 Å². The number of hydrogen-bond donors (Lipinski definition) is 1. The quantitative estimate of drug-likeness (QED) is 0.652. The summed E-state index contributed by atoms with van der Waals surface area (Å²) in [6, 6.07) is 4.09. The van der Waals surface area contributed by atoms with E-state index < -0.39 is 0 Å². The first-order valence-corrected chi connectivity index (χ1v) is 3.93. The Labute approximate surface area is 66.4 Å². The molecule has 0 amide bonds. The van der Waals surface area contributed by atoms with Crippen LogP contribution in [0.1, 0.15) is 24.1 Å². The van der Waals surface area contributed by atoms with Gasteiger partial charge in [-0.1, -0.05) is 6.07 Å². The number of pyridine rings is 1. The molecule has 1 aliphatic rings. The summed E-state index contributed by atoms with van der Waals surface area (Å²) in [6.07, 6.45) is 4.11. The van der Waals surface area contributed by atoms with E-state index >= 15 is 0 Å². The Hall–Kier alpha value is -0.890. The Morgan fingerprint density at radius 3 is 2.64 bits per heavy atom. The minimum Gasteiger partial charge on any atom is -0.321 e. The summed E-state index contributed by atoms with van der Waals surface area (Å²) in [5.74, 6) is 0. The number of nitrogens with zero attached hydrogens (tertiary/aromatic N) is 1. The number of rotatable bonds is 1. The molecular weight excluding hydrogens is 136 g/mol. The van der Waals surface area contributed by atoms with Crippen LogP contribution in [0.4, 0.5) is 0 Å². The molecule has 1 fully saturated rings. The highest BCUT2D eigenvalue weighted by molar-refractivity contribution is 5.27. The van der Waals surface area contributed by atoms with Crippen molar-refractivity contribution in [1.29, 1.82) is 0 Å². The van der Waals surface area contributed by atoms with Crippen LogP contribution >= 0.6 is 0 Å². The molecule has 0 aromatic carbocycles. The molecule has 2 heteroatoms. The van der Waals surface area contributed by atoms with Crippen molar-refractivity contribution in [3.8, 4) is 0 Å². The van der Waals surface area contributed by atoms with E-state index in [-0.39, 0.29) is 5.54 Å². The molecule has 2 nitrogen and oxygen atoms in total. The van der Waals surface area contributed by atoms with Gasteiger partial charge in [-0.05, 0) is 31.4 Å². The van der Waals surface area contributed by atoms with E-state index in [4.69, 9.17) is 5.73 Å². The molecule has 1 heterocycles. The summed E-state index contributed by atoms with van der Waals surface area (Å²) < 4.78 is 0. The molecular formula is C9H12N2. The third kappa shape index (κ3) is 1.14. The molecule has 0 saturated heterocycles. The lowest BCUT2D eigenvalue weighted by atomic mass is 10.1. The Bertz CT molecular complexity index is 259. The predicted octanol–water partition coefficient (Wildman–Crippen LogP) is 1.34. The smallest absolute Gasteiger partial charge is 0.0426 e. The first-order valence-electron chi connectivity index (χ1n) is 3.93. The largest absolute Gasteiger partial charge is 0.321 e. The molecule has 1 aromatic heterocycles. The number of nitrogens with two attached hydrogens (primary N) is 1. The fourth-order valence-electron chi connectivity index (χ4n) is 1.19. The fourth-order valence-corrected chi connectivity index (χ4v) is 1.19. The first-order chi connectivity index (χ1) is 5.21. The minimum atomic E-state index is -0.0271. The summed E-state index contributed by atoms with van der Waals surface area (Å²) in [5.41, 5.74) is 8.19. The summed E-state index contributed by atoms with van der Waals surface area (Å²) in [7, 11) is 0. The number of hydrogen-bond acceptors (Lipinski definition) is 2. The van der Waals surface area contributed by atoms with Gasteiger partial charge in [-0.15, -0.1) is 0 Å². The van der Waals surface area contributed by atoms with Crippen LogP contribution in [0.3, 0.4) is 0 Å². The van der Waals surface area contributed by atoms with Crippen molar-refractivity contribution in [2.45, 2.75) is 25.3 Å². The van der Waals surface area contributed by atoms with Crippen molar-refractivity contribution in [3.05, 3.63) is 29.6 Å². The SMILES string of the molecule is Cc1ccc(C2(N)CC2)cn1. The fraction of sp³-hybridized carbons (Fsp3) is 0.444. The van der Waals surface area contributed by atoms with E-state index in [0.29, 0.717) is 0 Å². The van der Waals surface area contributed by atoms with Gasteiger partial charge in [0, 0.05) is 17.4 Å². The van der Waals surface area contributed by atoms with Crippen LogP contribution in [-0.4, -0.2) is 4.98 Å². The molecule has 0 atom stereocenters. The third-order valence-corrected chi connectivity index (χ3v) is 2.27. The zero-order chi connectivity index (χ0) is 7.90. The van der Waals surface area contributed by atoms with Crippen LogP contribution < -0.4 is 5.73 Å². The van der Waals surface area contributed by atoms with E-state index in [1.165, 1.54) is 5.56 Å². The average molecular weight is 148 g/mol. The average Bonchev–Trinajstić information content (AvgIpc) is 2.70. The lowest BCUT2D eigenvalue weighted by Crippen LogP contribution is -2.18. The zero-order valence-electron chi connectivity index (χ0n) is 6.67. The summed E-state index contributed by atoms with van der Waals surface area (Å²) in [5, 5.41) is 0. The maximum absolute atomic E-state index is 5.98. The van der Waals surface area contributed by atoms with E-state index in [2.05, 4.69) is 11.1 Å². The van der Waals surface area contributed by atoms with E-state index in [9.17, 15) is 0 Å². The minimum absolute atomic E-state index is 0.0271. The summed E-state index contributed by atoms with van der Waals surface area (Å²) in [4.78, 5) is 4.21. The molecule has 11 heavy (non-hydrogen) atoms. The highest BCUT2D eigenvalue weighted by Crippen LogP contribution is 2.42. The second-order valence-corrected chi connectivity index (χ2v) is 3.34. The molecule has 58 valence electrons. The van der Waals surface area contributed by atoms with Crippen molar-refractivity contribution in [2.75, 3.05) is 0 Å². The molecule has 1 aromatic rings. The monoisotopic (exact) mass is 148 g/mol. The van der Waals surface area contributed by atoms with Gasteiger partial charge < -0.3 is 5.73 Å². The van der Waals surface area contributed by atoms with Gasteiger partial charge in [0.15, 0.2) is 0 Å². The molecule has 0 aliphatic heterocycles. The van der Waals surface area contributed by atoms with Crippen molar-refractivity contribution in [1.82, 2.24) is 4.98 Å². The van der Waals surface area contributed by atoms with Crippen LogP contribution in [0.15, 0.2) is 18.3 Å². The molecule has 2 rings (SSSR count). The Morgan fingerprint density at radius 1 is 1.45 bits per heavy atom. The van der Waals surface area contributed by atoms with Crippen molar-refractivity contribution in [3.63, 3.8) is 0 Å². The van der Waals surface area contributed by atoms with Gasteiger partial charge in [0.2, 0.25) is 0 Å². The highest BCUT2D eigenvalue weighted by atomic mass is 14.8. The van der Waals surface area contributed by atoms with Gasteiger partial charge in [0.25, 0.3) is 0 Å². The van der Waals surface area contributed by atoms with Gasteiger partial charge in [0.1, 0.15) is 0 Å². The standard InChI is InChI=1S/C9H12N2/c1-7-2-3-8(6-11-7)9(10)4-5-9/h2-3,6H,4-5,10H2,1H3. The molecule has 0 spiro atoms. The first kappa shape index (κ1) is 6.80. The Kier molecular flexibility index (Phi) is 1.26. The zero-order valence-corrected chi connectivity index (χ0v) is 6.67. The predicted molar refractivity (Wildman–Crippen MR) is 44.1 cm³/mol. The second kappa shape index (κ2) is 2.05. The van der Waals surface area contributed by atoms with Gasteiger partial charge in [-0.25, -0.2) is 0 Å². The molecule has 1 aliphatic carbocycles. The van der Waals surface area contributed by atoms with E-state index in [0.717, 1.165) is 18.5 Å². The Morgan fingerprint density at radius 2 is 2.18 bits per heavy atom. The van der Waals surface area contributed by atoms with Gasteiger partial charge in [-0.3, -0.25) is 4.98 Å². The van der Waals surface area contributed by atoms with Gasteiger partial charge in [-0.2, -0.15) is 0 Å². The van der Waals surface area contributed by atoms with E-state index in [1.807, 2.05) is 19.2 Å². The topological polar surface area (TPSA) is 38.9 Å². The van der Waals surface area contributed by atoms with Gasteiger partial charge >= 0.3 is 0 Å². The molecule has 0 unspecified atom stereocenters. The maximum Gasteiger partial charge on any atom is 0.0426 e. The van der Waals surface area contributed by atoms with Crippen molar-refractivity contribution < 1.29 is 0 Å². The maximum atomic E-state index is 5.98. The van der Waals surface area contributed by atoms with Crippen LogP contribution in [0.25, 0.3) is 0 Å². The lowest BCUT2D eigenvalue weighted by Gasteiger charge is -2.07. The van der Waals surface area contributed by atoms with Crippen LogP contribution in [0.2, 0.25) is 0 Å². The van der Waals surface area contributed by atoms with Crippen LogP contribution in [0.5, 0.6) is 0 Å². The van der Waals surface area contributed by atoms with Crippen LogP contribution in [-0.2, 0) is 5.54 Å². The van der Waals surface area contributed by atoms with Crippen LogP contribution in [0, 0.1) is 6.92 Å². The van der Waals surface area contributed by atoms with Gasteiger partial charge in [0.05, 0.1) is 0 Å². The number of aryl methyl sites for hydroxylation is 1. The highest BCUT2D eigenvalue weighted by Gasteiger charge is 2.39. The lowest BCUT2D eigenvalue weighted by molar-refractivity contribution is 0.734. The summed E-state index contributed by atoms with van der Waals surface area (Å²) in [6.45, 7) is 1.99. The molecule has 1 saturated carbocycles. The number of aromatic nitrogens is 1. The molecule has 0 radical (unpaired) electrons. The Balaban J connectivity index is 2.33. The second-order valence-electron chi connectivity index (χ2n) is 3.34. The summed E-state index contributed by atoms with van der Waals surface area (Å²) >= 11 is 0. The normalized spacial score (nSPS) is 19.8. The third-order valence-electron chi connectivity index (χ3n) is 2.27. The molecule has 0 bridgehead atoms. The van der Waals surface area contributed by atoms with Crippen molar-refractivity contribution in [2.24, 2.45) is 5.73 Å². The molecule has 2 N–H and O–H groups in total.